The summed E-state index contributed by atoms with van der Waals surface area (Å²) in [4.78, 5) is 0. The first-order chi connectivity index (χ1) is 12.6. The van der Waals surface area contributed by atoms with E-state index < -0.39 is 0 Å². The fraction of sp³-hybridized carbons (Fsp3) is 0.304. The number of rotatable bonds is 8. The summed E-state index contributed by atoms with van der Waals surface area (Å²) in [6, 6.07) is 20.6. The maximum Gasteiger partial charge on any atom is 0.124 e. The standard InChI is InChI=1S/C23H26ClNO/c1-17(2)13-14-26-23-12-11-18-7-3-5-9-20(18)21(23)16-25-15-19-8-4-6-10-22(19)24/h3-12,17,25H,13-16H2,1-2H3. The average Bonchev–Trinajstić information content (AvgIpc) is 2.64. The van der Waals surface area contributed by atoms with E-state index >= 15 is 0 Å². The van der Waals surface area contributed by atoms with Gasteiger partial charge in [0.2, 0.25) is 0 Å². The first-order valence-corrected chi connectivity index (χ1v) is 9.60. The lowest BCUT2D eigenvalue weighted by atomic mass is 10.0. The number of benzene rings is 3. The molecule has 1 N–H and O–H groups in total. The summed E-state index contributed by atoms with van der Waals surface area (Å²) in [5.74, 6) is 1.60. The van der Waals surface area contributed by atoms with Crippen LogP contribution in [-0.4, -0.2) is 6.61 Å². The van der Waals surface area contributed by atoms with Crippen molar-refractivity contribution < 1.29 is 4.74 Å². The third-order valence-electron chi connectivity index (χ3n) is 4.53. The number of fused-ring (bicyclic) bond motifs is 1. The van der Waals surface area contributed by atoms with Gasteiger partial charge in [-0.3, -0.25) is 0 Å². The Hall–Kier alpha value is -2.03. The van der Waals surface area contributed by atoms with E-state index in [-0.39, 0.29) is 0 Å². The zero-order chi connectivity index (χ0) is 18.4. The molecule has 0 fully saturated rings. The van der Waals surface area contributed by atoms with Crippen molar-refractivity contribution in [2.75, 3.05) is 6.61 Å². The highest BCUT2D eigenvalue weighted by atomic mass is 35.5. The third-order valence-corrected chi connectivity index (χ3v) is 4.89. The lowest BCUT2D eigenvalue weighted by molar-refractivity contribution is 0.286. The molecule has 0 amide bonds. The van der Waals surface area contributed by atoms with Gasteiger partial charge in [0.25, 0.3) is 0 Å². The molecule has 0 radical (unpaired) electrons. The second kappa shape index (κ2) is 9.07. The van der Waals surface area contributed by atoms with Crippen LogP contribution >= 0.6 is 11.6 Å². The summed E-state index contributed by atoms with van der Waals surface area (Å²) in [5.41, 5.74) is 2.32. The van der Waals surface area contributed by atoms with Gasteiger partial charge in [-0.1, -0.05) is 74.0 Å². The maximum absolute atomic E-state index is 6.27. The molecule has 0 aliphatic heterocycles. The van der Waals surface area contributed by atoms with Crippen LogP contribution < -0.4 is 10.1 Å². The molecule has 2 nitrogen and oxygen atoms in total. The van der Waals surface area contributed by atoms with Crippen LogP contribution in [0.1, 0.15) is 31.4 Å². The molecule has 136 valence electrons. The van der Waals surface area contributed by atoms with Crippen molar-refractivity contribution in [1.82, 2.24) is 5.32 Å². The van der Waals surface area contributed by atoms with Crippen molar-refractivity contribution in [2.24, 2.45) is 5.92 Å². The lowest BCUT2D eigenvalue weighted by Gasteiger charge is -2.16. The molecule has 0 aromatic heterocycles. The number of hydrogen-bond acceptors (Lipinski definition) is 2. The molecule has 0 saturated heterocycles. The predicted octanol–water partition coefficient (Wildman–Crippen LogP) is 6.21. The molecule has 0 aliphatic carbocycles. The van der Waals surface area contributed by atoms with E-state index in [0.29, 0.717) is 5.92 Å². The minimum atomic E-state index is 0.636. The highest BCUT2D eigenvalue weighted by Crippen LogP contribution is 2.28. The summed E-state index contributed by atoms with van der Waals surface area (Å²) in [7, 11) is 0. The molecule has 26 heavy (non-hydrogen) atoms. The fourth-order valence-electron chi connectivity index (χ4n) is 3.00. The Morgan fingerprint density at radius 3 is 2.50 bits per heavy atom. The first-order valence-electron chi connectivity index (χ1n) is 9.22. The minimum Gasteiger partial charge on any atom is -0.493 e. The van der Waals surface area contributed by atoms with E-state index in [2.05, 4.69) is 61.6 Å². The van der Waals surface area contributed by atoms with Gasteiger partial charge < -0.3 is 10.1 Å². The molecule has 0 heterocycles. The normalized spacial score (nSPS) is 11.2. The molecule has 0 spiro atoms. The van der Waals surface area contributed by atoms with Gasteiger partial charge in [0.05, 0.1) is 6.61 Å². The van der Waals surface area contributed by atoms with Crippen LogP contribution in [0, 0.1) is 5.92 Å². The lowest BCUT2D eigenvalue weighted by Crippen LogP contribution is -2.14. The van der Waals surface area contributed by atoms with Crippen LogP contribution in [0.15, 0.2) is 60.7 Å². The van der Waals surface area contributed by atoms with Crippen molar-refractivity contribution in [3.63, 3.8) is 0 Å². The van der Waals surface area contributed by atoms with Gasteiger partial charge in [-0.25, -0.2) is 0 Å². The Balaban J connectivity index is 1.78. The van der Waals surface area contributed by atoms with Crippen LogP contribution in [0.2, 0.25) is 5.02 Å². The zero-order valence-electron chi connectivity index (χ0n) is 15.5. The van der Waals surface area contributed by atoms with Crippen molar-refractivity contribution >= 4 is 22.4 Å². The number of hydrogen-bond donors (Lipinski definition) is 1. The maximum atomic E-state index is 6.27. The van der Waals surface area contributed by atoms with E-state index in [1.807, 2.05) is 18.2 Å². The number of nitrogens with one attached hydrogen (secondary N) is 1. The second-order valence-corrected chi connectivity index (χ2v) is 7.40. The molecular formula is C23H26ClNO. The van der Waals surface area contributed by atoms with Gasteiger partial charge in [0.15, 0.2) is 0 Å². The molecular weight excluding hydrogens is 342 g/mol. The van der Waals surface area contributed by atoms with Crippen molar-refractivity contribution in [2.45, 2.75) is 33.4 Å². The number of halogens is 1. The molecule has 3 rings (SSSR count). The third kappa shape index (κ3) is 4.78. The van der Waals surface area contributed by atoms with Crippen molar-refractivity contribution in [3.8, 4) is 5.75 Å². The topological polar surface area (TPSA) is 21.3 Å². The first kappa shape index (κ1) is 18.8. The summed E-state index contributed by atoms with van der Waals surface area (Å²) in [5, 5.41) is 6.80. The summed E-state index contributed by atoms with van der Waals surface area (Å²) >= 11 is 6.27. The van der Waals surface area contributed by atoms with E-state index in [9.17, 15) is 0 Å². The Kier molecular flexibility index (Phi) is 6.54. The Labute approximate surface area is 161 Å². The van der Waals surface area contributed by atoms with Crippen LogP contribution in [-0.2, 0) is 13.1 Å². The summed E-state index contributed by atoms with van der Waals surface area (Å²) < 4.78 is 6.12. The Bertz CT molecular complexity index is 860. The Morgan fingerprint density at radius 1 is 0.923 bits per heavy atom. The Morgan fingerprint density at radius 2 is 1.69 bits per heavy atom. The van der Waals surface area contributed by atoms with Crippen LogP contribution in [0.5, 0.6) is 5.75 Å². The predicted molar refractivity (Wildman–Crippen MR) is 111 cm³/mol. The monoisotopic (exact) mass is 367 g/mol. The fourth-order valence-corrected chi connectivity index (χ4v) is 3.20. The summed E-state index contributed by atoms with van der Waals surface area (Å²) in [6.07, 6.45) is 1.05. The number of ether oxygens (including phenoxy) is 1. The molecule has 0 unspecified atom stereocenters. The van der Waals surface area contributed by atoms with E-state index in [1.54, 1.807) is 0 Å². The molecule has 0 bridgehead atoms. The molecule has 0 aliphatic rings. The van der Waals surface area contributed by atoms with Crippen LogP contribution in [0.25, 0.3) is 10.8 Å². The van der Waals surface area contributed by atoms with Gasteiger partial charge in [-0.05, 0) is 40.8 Å². The highest BCUT2D eigenvalue weighted by Gasteiger charge is 2.10. The van der Waals surface area contributed by atoms with Gasteiger partial charge in [-0.2, -0.15) is 0 Å². The average molecular weight is 368 g/mol. The van der Waals surface area contributed by atoms with Gasteiger partial charge in [-0.15, -0.1) is 0 Å². The van der Waals surface area contributed by atoms with Crippen LogP contribution in [0.4, 0.5) is 0 Å². The van der Waals surface area contributed by atoms with E-state index in [4.69, 9.17) is 16.3 Å². The molecule has 0 saturated carbocycles. The van der Waals surface area contributed by atoms with E-state index in [0.717, 1.165) is 42.5 Å². The molecule has 3 aromatic carbocycles. The van der Waals surface area contributed by atoms with Gasteiger partial charge >= 0.3 is 0 Å². The quantitative estimate of drug-likeness (QED) is 0.511. The van der Waals surface area contributed by atoms with E-state index in [1.165, 1.54) is 16.3 Å². The SMILES string of the molecule is CC(C)CCOc1ccc2ccccc2c1CNCc1ccccc1Cl. The highest BCUT2D eigenvalue weighted by molar-refractivity contribution is 6.31. The minimum absolute atomic E-state index is 0.636. The van der Waals surface area contributed by atoms with Gasteiger partial charge in [0.1, 0.15) is 5.75 Å². The smallest absolute Gasteiger partial charge is 0.124 e. The molecule has 3 aromatic rings. The second-order valence-electron chi connectivity index (χ2n) is 6.99. The van der Waals surface area contributed by atoms with Crippen molar-refractivity contribution in [1.29, 1.82) is 0 Å². The molecule has 3 heteroatoms. The summed E-state index contributed by atoms with van der Waals surface area (Å²) in [6.45, 7) is 6.65. The van der Waals surface area contributed by atoms with Crippen LogP contribution in [0.3, 0.4) is 0 Å². The van der Waals surface area contributed by atoms with Crippen molar-refractivity contribution in [3.05, 3.63) is 76.8 Å². The zero-order valence-corrected chi connectivity index (χ0v) is 16.2. The van der Waals surface area contributed by atoms with Gasteiger partial charge in [0, 0.05) is 23.7 Å². The molecule has 0 atom stereocenters. The largest absolute Gasteiger partial charge is 0.493 e.